The number of nitrogens with zero attached hydrogens (tertiary/aromatic N) is 4. The van der Waals surface area contributed by atoms with Crippen LogP contribution in [0.15, 0.2) is 28.9 Å². The maximum Gasteiger partial charge on any atom is 0.318 e. The number of allylic oxidation sites excluding steroid dienone is 2. The van der Waals surface area contributed by atoms with Gasteiger partial charge in [-0.1, -0.05) is 25.5 Å². The summed E-state index contributed by atoms with van der Waals surface area (Å²) in [6, 6.07) is 0.383. The Balaban J connectivity index is 1.57. The smallest absolute Gasteiger partial charge is 0.318 e. The van der Waals surface area contributed by atoms with Crippen LogP contribution in [0.2, 0.25) is 0 Å². The number of nitrogens with one attached hydrogen (secondary N) is 2. The van der Waals surface area contributed by atoms with Gasteiger partial charge in [0.05, 0.1) is 18.8 Å². The number of sulfonamides is 1. The first-order chi connectivity index (χ1) is 14.4. The van der Waals surface area contributed by atoms with Gasteiger partial charge in [0.15, 0.2) is 0 Å². The molecule has 0 aromatic carbocycles. The van der Waals surface area contributed by atoms with E-state index in [0.717, 1.165) is 38.6 Å². The second-order valence-electron chi connectivity index (χ2n) is 7.81. The fourth-order valence-corrected chi connectivity index (χ4v) is 5.24. The maximum absolute atomic E-state index is 13.0. The fraction of sp³-hybridized carbons (Fsp3) is 0.700. The lowest BCUT2D eigenvalue weighted by Gasteiger charge is -2.44. The van der Waals surface area contributed by atoms with E-state index < -0.39 is 10.0 Å². The Morgan fingerprint density at radius 2 is 1.93 bits per heavy atom. The Hall–Kier alpha value is -2.07. The highest BCUT2D eigenvalue weighted by Gasteiger charge is 2.35. The molecule has 9 nitrogen and oxygen atoms in total. The van der Waals surface area contributed by atoms with Gasteiger partial charge in [0.25, 0.3) is 0 Å². The van der Waals surface area contributed by atoms with Crippen molar-refractivity contribution in [3.05, 3.63) is 23.9 Å². The van der Waals surface area contributed by atoms with Crippen molar-refractivity contribution in [2.24, 2.45) is 4.99 Å². The van der Waals surface area contributed by atoms with Gasteiger partial charge in [0.1, 0.15) is 0 Å². The van der Waals surface area contributed by atoms with E-state index in [1.807, 2.05) is 13.0 Å². The molecule has 3 rings (SSSR count). The van der Waals surface area contributed by atoms with Crippen LogP contribution in [0, 0.1) is 0 Å². The fourth-order valence-electron chi connectivity index (χ4n) is 3.94. The highest BCUT2D eigenvalue weighted by Crippen LogP contribution is 2.26. The maximum atomic E-state index is 13.0. The summed E-state index contributed by atoms with van der Waals surface area (Å²) in [5.41, 5.74) is 0.578. The highest BCUT2D eigenvalue weighted by molar-refractivity contribution is 7.89. The molecule has 0 aromatic heterocycles. The van der Waals surface area contributed by atoms with E-state index in [1.165, 1.54) is 30.6 Å². The number of carbonyl (C=O) groups is 1. The van der Waals surface area contributed by atoms with Crippen molar-refractivity contribution in [2.75, 3.05) is 52.1 Å². The number of amides is 2. The molecule has 0 radical (unpaired) electrons. The molecule has 3 aliphatic rings. The van der Waals surface area contributed by atoms with E-state index in [2.05, 4.69) is 25.4 Å². The van der Waals surface area contributed by atoms with Gasteiger partial charge >= 0.3 is 6.03 Å². The van der Waals surface area contributed by atoms with Crippen LogP contribution in [0.5, 0.6) is 0 Å². The molecule has 1 saturated heterocycles. The minimum atomic E-state index is -3.52. The Morgan fingerprint density at radius 1 is 1.20 bits per heavy atom. The zero-order chi connectivity index (χ0) is 21.6. The number of hydrogen-bond donors (Lipinski definition) is 2. The molecule has 0 aromatic rings. The summed E-state index contributed by atoms with van der Waals surface area (Å²) in [5, 5.41) is 5.17. The van der Waals surface area contributed by atoms with Crippen molar-refractivity contribution in [2.45, 2.75) is 38.6 Å². The molecule has 1 saturated carbocycles. The first-order valence-corrected chi connectivity index (χ1v) is 12.4. The van der Waals surface area contributed by atoms with Crippen LogP contribution >= 0.6 is 0 Å². The Kier molecular flexibility index (Phi) is 7.76. The summed E-state index contributed by atoms with van der Waals surface area (Å²) in [7, 11) is -1.99. The molecule has 0 unspecified atom stereocenters. The van der Waals surface area contributed by atoms with Crippen molar-refractivity contribution in [3.63, 3.8) is 0 Å². The Labute approximate surface area is 179 Å². The van der Waals surface area contributed by atoms with Crippen LogP contribution in [0.4, 0.5) is 4.79 Å². The van der Waals surface area contributed by atoms with E-state index in [0.29, 0.717) is 24.7 Å². The van der Waals surface area contributed by atoms with E-state index >= 15 is 0 Å². The van der Waals surface area contributed by atoms with Crippen molar-refractivity contribution < 1.29 is 13.2 Å². The van der Waals surface area contributed by atoms with Crippen molar-refractivity contribution in [3.8, 4) is 0 Å². The monoisotopic (exact) mass is 438 g/mol. The van der Waals surface area contributed by atoms with E-state index in [1.54, 1.807) is 12.2 Å². The summed E-state index contributed by atoms with van der Waals surface area (Å²) in [5.74, 6) is 0.453. The summed E-state index contributed by atoms with van der Waals surface area (Å²) < 4.78 is 27.4. The van der Waals surface area contributed by atoms with E-state index in [9.17, 15) is 13.2 Å². The summed E-state index contributed by atoms with van der Waals surface area (Å²) >= 11 is 0. The second kappa shape index (κ2) is 10.3. The van der Waals surface area contributed by atoms with Gasteiger partial charge in [0, 0.05) is 45.0 Å². The van der Waals surface area contributed by atoms with Crippen LogP contribution in [0.25, 0.3) is 0 Å². The second-order valence-corrected chi connectivity index (χ2v) is 9.75. The van der Waals surface area contributed by atoms with Gasteiger partial charge in [-0.2, -0.15) is 0 Å². The molecular weight excluding hydrogens is 404 g/mol. The molecule has 30 heavy (non-hydrogen) atoms. The van der Waals surface area contributed by atoms with Crippen molar-refractivity contribution in [1.82, 2.24) is 24.7 Å². The molecule has 2 heterocycles. The zero-order valence-corrected chi connectivity index (χ0v) is 18.8. The predicted octanol–water partition coefficient (Wildman–Crippen LogP) is 0.937. The Morgan fingerprint density at radius 3 is 2.53 bits per heavy atom. The summed E-state index contributed by atoms with van der Waals surface area (Å²) in [6.07, 6.45) is 9.69. The molecule has 0 bridgehead atoms. The van der Waals surface area contributed by atoms with Gasteiger partial charge in [-0.05, 0) is 25.3 Å². The van der Waals surface area contributed by atoms with Crippen LogP contribution in [0.3, 0.4) is 0 Å². The average molecular weight is 439 g/mol. The van der Waals surface area contributed by atoms with Crippen LogP contribution < -0.4 is 10.6 Å². The van der Waals surface area contributed by atoms with Crippen LogP contribution in [0.1, 0.15) is 32.6 Å². The number of hydrogen-bond acceptors (Lipinski definition) is 6. The number of guanidine groups is 1. The number of rotatable bonds is 7. The highest BCUT2D eigenvalue weighted by atomic mass is 32.2. The first-order valence-electron chi connectivity index (χ1n) is 10.8. The minimum absolute atomic E-state index is 0.134. The molecule has 2 amide bonds. The molecule has 2 aliphatic heterocycles. The Bertz CT molecular complexity index is 795. The molecular formula is C20H34N6O3S. The lowest BCUT2D eigenvalue weighted by Crippen LogP contribution is -2.56. The molecule has 2 fully saturated rings. The third-order valence-electron chi connectivity index (χ3n) is 5.82. The third-order valence-corrected chi connectivity index (χ3v) is 7.45. The van der Waals surface area contributed by atoms with Crippen molar-refractivity contribution >= 4 is 22.0 Å². The number of carbonyl (C=O) groups excluding carboxylic acids is 1. The van der Waals surface area contributed by atoms with E-state index in [4.69, 9.17) is 0 Å². The number of aliphatic imine (C=N–C) groups is 1. The van der Waals surface area contributed by atoms with Gasteiger partial charge in [-0.15, -0.1) is 0 Å². The quantitative estimate of drug-likeness (QED) is 0.577. The zero-order valence-electron chi connectivity index (χ0n) is 18.0. The van der Waals surface area contributed by atoms with Crippen LogP contribution in [-0.4, -0.2) is 92.6 Å². The first kappa shape index (κ1) is 22.6. The molecule has 168 valence electrons. The summed E-state index contributed by atoms with van der Waals surface area (Å²) in [4.78, 5) is 20.7. The molecule has 1 aliphatic carbocycles. The third kappa shape index (κ3) is 5.54. The SMILES string of the molecule is CC/C=C(\C=C/CS(=O)(=O)N1CCN=C1N1CCN(C2CCC2)CC1)NC(=O)NC. The largest absolute Gasteiger partial charge is 0.341 e. The minimum Gasteiger partial charge on any atom is -0.341 e. The molecule has 10 heteroatoms. The van der Waals surface area contributed by atoms with Gasteiger partial charge < -0.3 is 15.5 Å². The standard InChI is InChI=1S/C20H34N6O3S/c1-3-6-17(23-19(27)21-2)7-5-16-30(28,29)26-11-10-22-20(26)25-14-12-24(13-15-25)18-8-4-9-18/h5-7,18H,3-4,8-16H2,1-2H3,(H2,21,23,27)/b7-5-,17-6+. The molecule has 2 N–H and O–H groups in total. The normalized spacial score (nSPS) is 21.7. The lowest BCUT2D eigenvalue weighted by molar-refractivity contribution is 0.0833. The summed E-state index contributed by atoms with van der Waals surface area (Å²) in [6.45, 7) is 6.41. The molecule has 0 atom stereocenters. The van der Waals surface area contributed by atoms with Crippen LogP contribution in [-0.2, 0) is 10.0 Å². The predicted molar refractivity (Wildman–Crippen MR) is 119 cm³/mol. The topological polar surface area (TPSA) is 97.3 Å². The average Bonchev–Trinajstić information content (AvgIpc) is 3.18. The molecule has 0 spiro atoms. The number of piperazine rings is 1. The number of urea groups is 1. The van der Waals surface area contributed by atoms with Gasteiger partial charge in [0.2, 0.25) is 16.0 Å². The van der Waals surface area contributed by atoms with Gasteiger partial charge in [-0.25, -0.2) is 17.5 Å². The lowest BCUT2D eigenvalue weighted by atomic mass is 9.91. The van der Waals surface area contributed by atoms with E-state index in [-0.39, 0.29) is 11.8 Å². The van der Waals surface area contributed by atoms with Crippen molar-refractivity contribution in [1.29, 1.82) is 0 Å². The van der Waals surface area contributed by atoms with Gasteiger partial charge in [-0.3, -0.25) is 9.89 Å².